The Morgan fingerprint density at radius 3 is 2.56 bits per heavy atom. The summed E-state index contributed by atoms with van der Waals surface area (Å²) in [5.41, 5.74) is 1.05. The van der Waals surface area contributed by atoms with Crippen LogP contribution in [0.15, 0.2) is 35.5 Å². The Labute approximate surface area is 154 Å². The van der Waals surface area contributed by atoms with E-state index in [4.69, 9.17) is 0 Å². The molecular formula is C18H19F3N4O2. The Hall–Kier alpha value is -2.55. The topological polar surface area (TPSA) is 74.7 Å². The van der Waals surface area contributed by atoms with E-state index in [-0.39, 0.29) is 23.8 Å². The molecule has 1 aromatic rings. The fraction of sp³-hybridized carbons (Fsp3) is 0.444. The van der Waals surface area contributed by atoms with Crippen molar-refractivity contribution in [2.75, 3.05) is 19.6 Å². The van der Waals surface area contributed by atoms with Gasteiger partial charge in [-0.25, -0.2) is 4.99 Å². The van der Waals surface area contributed by atoms with Gasteiger partial charge < -0.3 is 5.32 Å². The SMILES string of the molecule is O=C1C=CC(c2ccc(C(=O)NC3CCN(CC(F)(F)F)CC3)cn2)C=N1. The Balaban J connectivity index is 1.51. The number of aromatic nitrogens is 1. The summed E-state index contributed by atoms with van der Waals surface area (Å²) in [4.78, 5) is 32.7. The van der Waals surface area contributed by atoms with Crippen LogP contribution in [0.5, 0.6) is 0 Å². The van der Waals surface area contributed by atoms with Gasteiger partial charge in [0.25, 0.3) is 11.8 Å². The molecule has 2 amide bonds. The molecule has 27 heavy (non-hydrogen) atoms. The fourth-order valence-electron chi connectivity index (χ4n) is 3.10. The number of hydrogen-bond acceptors (Lipinski definition) is 4. The summed E-state index contributed by atoms with van der Waals surface area (Å²) in [6, 6.07) is 3.17. The summed E-state index contributed by atoms with van der Waals surface area (Å²) in [6.07, 6.45) is 2.76. The van der Waals surface area contributed by atoms with Crippen molar-refractivity contribution >= 4 is 18.0 Å². The van der Waals surface area contributed by atoms with Crippen molar-refractivity contribution in [3.8, 4) is 0 Å². The fourth-order valence-corrected chi connectivity index (χ4v) is 3.10. The molecule has 9 heteroatoms. The van der Waals surface area contributed by atoms with Crippen LogP contribution in [0.25, 0.3) is 0 Å². The number of alkyl halides is 3. The number of carbonyl (C=O) groups excluding carboxylic acids is 2. The smallest absolute Gasteiger partial charge is 0.349 e. The Morgan fingerprint density at radius 1 is 1.26 bits per heavy atom. The first-order valence-electron chi connectivity index (χ1n) is 8.62. The lowest BCUT2D eigenvalue weighted by molar-refractivity contribution is -0.148. The van der Waals surface area contributed by atoms with E-state index in [2.05, 4.69) is 15.3 Å². The molecule has 1 unspecified atom stereocenters. The average molecular weight is 380 g/mol. The van der Waals surface area contributed by atoms with Gasteiger partial charge >= 0.3 is 6.18 Å². The number of nitrogens with one attached hydrogen (secondary N) is 1. The molecule has 1 aromatic heterocycles. The molecule has 0 spiro atoms. The highest BCUT2D eigenvalue weighted by atomic mass is 19.4. The van der Waals surface area contributed by atoms with E-state index in [0.717, 1.165) is 0 Å². The van der Waals surface area contributed by atoms with Crippen molar-refractivity contribution < 1.29 is 22.8 Å². The molecule has 2 aliphatic rings. The number of piperidine rings is 1. The van der Waals surface area contributed by atoms with Gasteiger partial charge in [-0.1, -0.05) is 6.08 Å². The highest BCUT2D eigenvalue weighted by Gasteiger charge is 2.32. The van der Waals surface area contributed by atoms with Gasteiger partial charge in [-0.15, -0.1) is 0 Å². The van der Waals surface area contributed by atoms with E-state index >= 15 is 0 Å². The predicted molar refractivity (Wildman–Crippen MR) is 92.6 cm³/mol. The number of hydrogen-bond donors (Lipinski definition) is 1. The van der Waals surface area contributed by atoms with E-state index in [0.29, 0.717) is 37.2 Å². The molecule has 1 saturated heterocycles. The maximum Gasteiger partial charge on any atom is 0.401 e. The van der Waals surface area contributed by atoms with E-state index in [9.17, 15) is 22.8 Å². The van der Waals surface area contributed by atoms with Gasteiger partial charge in [-0.2, -0.15) is 13.2 Å². The first-order chi connectivity index (χ1) is 12.8. The number of rotatable bonds is 4. The van der Waals surface area contributed by atoms with Crippen LogP contribution in [0, 0.1) is 0 Å². The van der Waals surface area contributed by atoms with Crippen LogP contribution in [0.4, 0.5) is 13.2 Å². The number of carbonyl (C=O) groups is 2. The monoisotopic (exact) mass is 380 g/mol. The molecule has 0 aromatic carbocycles. The molecule has 6 nitrogen and oxygen atoms in total. The Kier molecular flexibility index (Phi) is 5.69. The molecule has 1 atom stereocenters. The second kappa shape index (κ2) is 7.99. The van der Waals surface area contributed by atoms with Gasteiger partial charge in [0, 0.05) is 37.6 Å². The molecule has 3 heterocycles. The minimum absolute atomic E-state index is 0.152. The predicted octanol–water partition coefficient (Wildman–Crippen LogP) is 2.09. The number of dihydropyridines is 1. The van der Waals surface area contributed by atoms with E-state index < -0.39 is 12.7 Å². The molecule has 2 aliphatic heterocycles. The second-order valence-corrected chi connectivity index (χ2v) is 6.61. The van der Waals surface area contributed by atoms with Crippen LogP contribution < -0.4 is 5.32 Å². The Morgan fingerprint density at radius 2 is 2.00 bits per heavy atom. The summed E-state index contributed by atoms with van der Waals surface area (Å²) in [5, 5.41) is 2.85. The van der Waals surface area contributed by atoms with E-state index in [1.807, 2.05) is 0 Å². The van der Waals surface area contributed by atoms with Crippen molar-refractivity contribution in [1.82, 2.24) is 15.2 Å². The lowest BCUT2D eigenvalue weighted by Crippen LogP contribution is -2.47. The lowest BCUT2D eigenvalue weighted by atomic mass is 10.0. The number of halogens is 3. The summed E-state index contributed by atoms with van der Waals surface area (Å²) in [6.45, 7) is -0.314. The molecule has 0 saturated carbocycles. The summed E-state index contributed by atoms with van der Waals surface area (Å²) >= 11 is 0. The highest BCUT2D eigenvalue weighted by Crippen LogP contribution is 2.20. The van der Waals surface area contributed by atoms with E-state index in [1.54, 1.807) is 18.2 Å². The lowest BCUT2D eigenvalue weighted by Gasteiger charge is -2.32. The second-order valence-electron chi connectivity index (χ2n) is 6.61. The zero-order chi connectivity index (χ0) is 19.4. The average Bonchev–Trinajstić information content (AvgIpc) is 2.63. The molecule has 1 N–H and O–H groups in total. The molecule has 1 fully saturated rings. The standard InChI is InChI=1S/C18H19F3N4O2/c19-18(20,21)11-25-7-5-14(6-8-25)24-17(27)13-1-3-15(22-10-13)12-2-4-16(26)23-9-12/h1-4,9-10,12,14H,5-8,11H2,(H,24,27). The van der Waals surface area contributed by atoms with E-state index in [1.165, 1.54) is 23.4 Å². The minimum Gasteiger partial charge on any atom is -0.349 e. The van der Waals surface area contributed by atoms with Crippen molar-refractivity contribution in [1.29, 1.82) is 0 Å². The van der Waals surface area contributed by atoms with Crippen LogP contribution in [-0.2, 0) is 4.79 Å². The normalized spacial score (nSPS) is 21.4. The van der Waals surface area contributed by atoms with Gasteiger partial charge in [0.05, 0.1) is 23.7 Å². The van der Waals surface area contributed by atoms with Gasteiger partial charge in [0.2, 0.25) is 0 Å². The number of amides is 2. The molecule has 0 bridgehead atoms. The molecule has 144 valence electrons. The van der Waals surface area contributed by atoms with Crippen molar-refractivity contribution in [3.63, 3.8) is 0 Å². The first-order valence-corrected chi connectivity index (χ1v) is 8.62. The first kappa shape index (κ1) is 19.2. The molecule has 3 rings (SSSR count). The van der Waals surface area contributed by atoms with Crippen molar-refractivity contribution in [2.24, 2.45) is 4.99 Å². The zero-order valence-electron chi connectivity index (χ0n) is 14.4. The van der Waals surface area contributed by atoms with Gasteiger partial charge in [-0.3, -0.25) is 19.5 Å². The van der Waals surface area contributed by atoms with Gasteiger partial charge in [-0.05, 0) is 25.0 Å². The third kappa shape index (κ3) is 5.46. The van der Waals surface area contributed by atoms with Gasteiger partial charge in [0.1, 0.15) is 0 Å². The maximum absolute atomic E-state index is 12.4. The number of aliphatic imine (C=N–C) groups is 1. The molecular weight excluding hydrogens is 361 g/mol. The highest BCUT2D eigenvalue weighted by molar-refractivity contribution is 5.98. The molecule has 0 radical (unpaired) electrons. The largest absolute Gasteiger partial charge is 0.401 e. The Bertz CT molecular complexity index is 735. The summed E-state index contributed by atoms with van der Waals surface area (Å²) < 4.78 is 37.2. The number of likely N-dealkylation sites (tertiary alicyclic amines) is 1. The number of nitrogens with zero attached hydrogens (tertiary/aromatic N) is 3. The van der Waals surface area contributed by atoms with Crippen LogP contribution in [0.3, 0.4) is 0 Å². The zero-order valence-corrected chi connectivity index (χ0v) is 14.4. The maximum atomic E-state index is 12.4. The van der Waals surface area contributed by atoms with Crippen molar-refractivity contribution in [2.45, 2.75) is 31.0 Å². The minimum atomic E-state index is -4.20. The number of allylic oxidation sites excluding steroid dienone is 1. The van der Waals surface area contributed by atoms with Crippen LogP contribution >= 0.6 is 0 Å². The third-order valence-electron chi connectivity index (χ3n) is 4.52. The van der Waals surface area contributed by atoms with Crippen LogP contribution in [0.1, 0.15) is 34.8 Å². The summed E-state index contributed by atoms with van der Waals surface area (Å²) in [5.74, 6) is -0.826. The van der Waals surface area contributed by atoms with Gasteiger partial charge in [0.15, 0.2) is 0 Å². The number of pyridine rings is 1. The van der Waals surface area contributed by atoms with Crippen molar-refractivity contribution in [3.05, 3.63) is 41.7 Å². The van der Waals surface area contributed by atoms with Crippen LogP contribution in [-0.4, -0.2) is 59.8 Å². The van der Waals surface area contributed by atoms with Crippen LogP contribution in [0.2, 0.25) is 0 Å². The molecule has 0 aliphatic carbocycles. The quantitative estimate of drug-likeness (QED) is 0.868. The third-order valence-corrected chi connectivity index (χ3v) is 4.52. The summed E-state index contributed by atoms with van der Waals surface area (Å²) in [7, 11) is 0.